The summed E-state index contributed by atoms with van der Waals surface area (Å²) in [5.41, 5.74) is 1.38. The second-order valence-electron chi connectivity index (χ2n) is 8.07. The zero-order valence-electron chi connectivity index (χ0n) is 19.4. The van der Waals surface area contributed by atoms with Crippen LogP contribution < -0.4 is 5.32 Å². The third-order valence-corrected chi connectivity index (χ3v) is 7.69. The average Bonchev–Trinajstić information content (AvgIpc) is 2.94. The summed E-state index contributed by atoms with van der Waals surface area (Å²) in [7, 11) is 0. The van der Waals surface area contributed by atoms with E-state index in [0.717, 1.165) is 11.1 Å². The van der Waals surface area contributed by atoms with Gasteiger partial charge in [0.1, 0.15) is 22.9 Å². The van der Waals surface area contributed by atoms with Crippen LogP contribution in [-0.4, -0.2) is 50.3 Å². The maximum Gasteiger partial charge on any atom is 0.356 e. The van der Waals surface area contributed by atoms with Gasteiger partial charge in [0.15, 0.2) is 6.10 Å². The molecule has 1 fully saturated rings. The van der Waals surface area contributed by atoms with Crippen molar-refractivity contribution in [1.82, 2.24) is 10.2 Å². The molecule has 2 N–H and O–H groups in total. The molecule has 1 unspecified atom stereocenters. The second-order valence-corrected chi connectivity index (χ2v) is 9.73. The number of alkyl halides is 1. The number of amides is 2. The number of nitrogens with zero attached hydrogens (tertiary/aromatic N) is 2. The van der Waals surface area contributed by atoms with Gasteiger partial charge in [-0.1, -0.05) is 89.2 Å². The number of carbonyl (C=O) groups excluding carboxylic acids is 3. The van der Waals surface area contributed by atoms with E-state index in [2.05, 4.69) is 33.0 Å². The maximum absolute atomic E-state index is 13.6. The number of esters is 1. The van der Waals surface area contributed by atoms with Gasteiger partial charge in [-0.05, 0) is 21.9 Å². The molecule has 2 heterocycles. The lowest BCUT2D eigenvalue weighted by Gasteiger charge is -2.49. The highest BCUT2D eigenvalue weighted by atomic mass is 79.9. The molecule has 37 heavy (non-hydrogen) atoms. The van der Waals surface area contributed by atoms with E-state index in [1.54, 1.807) is 0 Å². The zero-order chi connectivity index (χ0) is 26.5. The summed E-state index contributed by atoms with van der Waals surface area (Å²) in [5, 5.41) is 14.0. The predicted octanol–water partition coefficient (Wildman–Crippen LogP) is 4.09. The minimum Gasteiger partial charge on any atom is -0.509 e. The van der Waals surface area contributed by atoms with Gasteiger partial charge in [0.2, 0.25) is 5.70 Å². The fourth-order valence-electron chi connectivity index (χ4n) is 4.03. The molecule has 0 saturated carbocycles. The first-order valence-electron chi connectivity index (χ1n) is 11.1. The Bertz CT molecular complexity index is 1260. The third kappa shape index (κ3) is 5.23. The molecule has 2 aromatic rings. The number of carbonyl (C=O) groups is 3. The van der Waals surface area contributed by atoms with Crippen molar-refractivity contribution in [2.75, 3.05) is 11.1 Å². The summed E-state index contributed by atoms with van der Waals surface area (Å²) in [6, 6.07) is 17.5. The van der Waals surface area contributed by atoms with Gasteiger partial charge in [-0.3, -0.25) is 14.5 Å². The van der Waals surface area contributed by atoms with E-state index >= 15 is 0 Å². The second kappa shape index (κ2) is 11.6. The number of aliphatic hydroxyl groups excluding tert-OH is 1. The van der Waals surface area contributed by atoms with Crippen LogP contribution in [0.15, 0.2) is 101 Å². The lowest BCUT2D eigenvalue weighted by molar-refractivity contribution is -0.154. The lowest BCUT2D eigenvalue weighted by atomic mass is 10.0. The number of hydrogen-bond acceptors (Lipinski definition) is 8. The van der Waals surface area contributed by atoms with Crippen molar-refractivity contribution in [3.63, 3.8) is 0 Å². The largest absolute Gasteiger partial charge is 0.509 e. The normalized spacial score (nSPS) is 19.4. The van der Waals surface area contributed by atoms with Gasteiger partial charge in [-0.15, -0.1) is 16.7 Å². The average molecular weight is 584 g/mol. The summed E-state index contributed by atoms with van der Waals surface area (Å²) in [6.45, 7) is 3.78. The summed E-state index contributed by atoms with van der Waals surface area (Å²) in [6.07, 6.45) is 0.788. The first-order chi connectivity index (χ1) is 17.9. The number of allylic oxidation sites excluding steroid dienone is 2. The third-order valence-electron chi connectivity index (χ3n) is 5.86. The van der Waals surface area contributed by atoms with Gasteiger partial charge >= 0.3 is 5.97 Å². The van der Waals surface area contributed by atoms with E-state index < -0.39 is 46.8 Å². The number of halogens is 1. The zero-order valence-corrected chi connectivity index (χ0v) is 21.8. The molecule has 9 nitrogen and oxygen atoms in total. The van der Waals surface area contributed by atoms with Crippen LogP contribution in [0.5, 0.6) is 0 Å². The molecular weight excluding hydrogens is 562 g/mol. The fourth-order valence-corrected chi connectivity index (χ4v) is 5.64. The number of fused-ring (bicyclic) bond motifs is 1. The molecule has 0 aromatic heterocycles. The highest BCUT2D eigenvalue weighted by Crippen LogP contribution is 2.42. The van der Waals surface area contributed by atoms with Gasteiger partial charge in [-0.25, -0.2) is 4.79 Å². The van der Waals surface area contributed by atoms with Crippen LogP contribution in [0, 0.1) is 4.91 Å². The van der Waals surface area contributed by atoms with Gasteiger partial charge in [0.05, 0.1) is 5.33 Å². The number of rotatable bonds is 9. The van der Waals surface area contributed by atoms with Crippen LogP contribution in [0.25, 0.3) is 0 Å². The molecule has 2 aliphatic rings. The SMILES string of the molecule is C=CC1=C(C(=O)OC(c2ccccc2)c2ccccc2)N2C(=O)C(NC(=O)C(N=O)=C(O)CBr)[C@@H]2SC1. The van der Waals surface area contributed by atoms with Gasteiger partial charge in [0.25, 0.3) is 11.8 Å². The highest BCUT2D eigenvalue weighted by molar-refractivity contribution is 9.09. The number of ether oxygens (including phenoxy) is 1. The molecule has 0 aliphatic carbocycles. The Kier molecular flexibility index (Phi) is 8.24. The number of β-lactam (4-membered cyclic amide) rings is 1. The highest BCUT2D eigenvalue weighted by Gasteiger charge is 2.54. The number of benzene rings is 2. The monoisotopic (exact) mass is 583 g/mol. The van der Waals surface area contributed by atoms with Gasteiger partial charge in [-0.2, -0.15) is 0 Å². The van der Waals surface area contributed by atoms with E-state index in [1.165, 1.54) is 22.7 Å². The topological polar surface area (TPSA) is 125 Å². The van der Waals surface area contributed by atoms with E-state index in [9.17, 15) is 24.4 Å². The maximum atomic E-state index is 13.6. The number of nitrogens with one attached hydrogen (secondary N) is 1. The Morgan fingerprint density at radius 2 is 1.78 bits per heavy atom. The molecular formula is C26H22BrN3O6S. The quantitative estimate of drug-likeness (QED) is 0.114. The van der Waals surface area contributed by atoms with E-state index in [0.29, 0.717) is 11.3 Å². The Balaban J connectivity index is 1.59. The number of nitroso groups, excluding NO2 is 1. The van der Waals surface area contributed by atoms with Crippen molar-refractivity contribution in [2.24, 2.45) is 5.18 Å². The Morgan fingerprint density at radius 1 is 1.19 bits per heavy atom. The van der Waals surface area contributed by atoms with Crippen molar-refractivity contribution in [3.05, 3.63) is 112 Å². The van der Waals surface area contributed by atoms with Crippen molar-refractivity contribution in [1.29, 1.82) is 0 Å². The van der Waals surface area contributed by atoms with Crippen molar-refractivity contribution < 1.29 is 24.2 Å². The summed E-state index contributed by atoms with van der Waals surface area (Å²) in [5.74, 6) is -2.46. The molecule has 2 aromatic carbocycles. The standard InChI is InChI=1S/C26H22BrN3O6S/c1-2-15-14-37-25-20(28-23(32)19(29-35)18(31)13-27)24(33)30(25)21(15)26(34)36-22(16-9-5-3-6-10-16)17-11-7-4-8-12-17/h2-12,20,22,25,31H,1,13-14H2,(H,28,32)/t20?,25-/m0/s1. The summed E-state index contributed by atoms with van der Waals surface area (Å²) >= 11 is 4.27. The van der Waals surface area contributed by atoms with Crippen LogP contribution in [0.4, 0.5) is 0 Å². The Labute approximate surface area is 225 Å². The van der Waals surface area contributed by atoms with Crippen LogP contribution in [0.2, 0.25) is 0 Å². The van der Waals surface area contributed by atoms with Crippen LogP contribution in [0.1, 0.15) is 17.2 Å². The molecule has 0 radical (unpaired) electrons. The molecule has 2 amide bonds. The van der Waals surface area contributed by atoms with Crippen molar-refractivity contribution in [2.45, 2.75) is 17.5 Å². The predicted molar refractivity (Wildman–Crippen MR) is 142 cm³/mol. The molecule has 0 spiro atoms. The van der Waals surface area contributed by atoms with E-state index in [1.807, 2.05) is 60.7 Å². The smallest absolute Gasteiger partial charge is 0.356 e. The molecule has 1 saturated heterocycles. The molecule has 4 rings (SSSR count). The fraction of sp³-hybridized carbons (Fsp3) is 0.192. The van der Waals surface area contributed by atoms with E-state index in [-0.39, 0.29) is 11.0 Å². The lowest BCUT2D eigenvalue weighted by Crippen LogP contribution is -2.70. The van der Waals surface area contributed by atoms with Gasteiger partial charge < -0.3 is 15.2 Å². The van der Waals surface area contributed by atoms with Crippen LogP contribution >= 0.6 is 27.7 Å². The van der Waals surface area contributed by atoms with Gasteiger partial charge in [0, 0.05) is 5.75 Å². The van der Waals surface area contributed by atoms with Crippen molar-refractivity contribution in [3.8, 4) is 0 Å². The Hall–Kier alpha value is -3.70. The number of aliphatic hydroxyl groups is 1. The number of hydrogen-bond donors (Lipinski definition) is 2. The molecule has 0 bridgehead atoms. The van der Waals surface area contributed by atoms with Crippen molar-refractivity contribution >= 4 is 45.5 Å². The van der Waals surface area contributed by atoms with E-state index in [4.69, 9.17) is 4.74 Å². The molecule has 190 valence electrons. The summed E-state index contributed by atoms with van der Waals surface area (Å²) < 4.78 is 5.98. The van der Waals surface area contributed by atoms with Crippen LogP contribution in [0.3, 0.4) is 0 Å². The van der Waals surface area contributed by atoms with Crippen LogP contribution in [-0.2, 0) is 19.1 Å². The first-order valence-corrected chi connectivity index (χ1v) is 13.3. The molecule has 11 heteroatoms. The summed E-state index contributed by atoms with van der Waals surface area (Å²) in [4.78, 5) is 51.4. The minimum absolute atomic E-state index is 0.0543. The minimum atomic E-state index is -1.02. The Morgan fingerprint density at radius 3 is 2.30 bits per heavy atom. The first kappa shape index (κ1) is 26.4. The molecule has 2 aliphatic heterocycles. The molecule has 2 atom stereocenters. The number of thioether (sulfide) groups is 1.